The zero-order chi connectivity index (χ0) is 14.5. The summed E-state index contributed by atoms with van der Waals surface area (Å²) in [5.41, 5.74) is 0.502. The Morgan fingerprint density at radius 3 is 2.50 bits per heavy atom. The number of rotatable bonds is 4. The maximum atomic E-state index is 12.2. The molecule has 20 heavy (non-hydrogen) atoms. The number of carbonyl (C=O) groups is 2. The zero-order valence-corrected chi connectivity index (χ0v) is 11.7. The van der Waals surface area contributed by atoms with Crippen LogP contribution in [0.5, 0.6) is 0 Å². The van der Waals surface area contributed by atoms with Crippen molar-refractivity contribution in [1.82, 2.24) is 15.1 Å². The fourth-order valence-corrected chi connectivity index (χ4v) is 2.68. The molecule has 0 saturated heterocycles. The molecular formula is C14H21N3O3. The second-order valence-electron chi connectivity index (χ2n) is 5.42. The van der Waals surface area contributed by atoms with Gasteiger partial charge in [0.2, 0.25) is 5.91 Å². The van der Waals surface area contributed by atoms with Crippen LogP contribution < -0.4 is 5.32 Å². The lowest BCUT2D eigenvalue weighted by Gasteiger charge is -2.18. The molecule has 0 spiro atoms. The predicted molar refractivity (Wildman–Crippen MR) is 72.9 cm³/mol. The molecule has 1 unspecified atom stereocenters. The van der Waals surface area contributed by atoms with Gasteiger partial charge in [-0.3, -0.25) is 9.48 Å². The molecule has 1 atom stereocenters. The number of nitrogens with zero attached hydrogens (tertiary/aromatic N) is 2. The molecule has 2 N–H and O–H groups in total. The summed E-state index contributed by atoms with van der Waals surface area (Å²) in [6.07, 6.45) is 9.21. The van der Waals surface area contributed by atoms with Gasteiger partial charge in [-0.25, -0.2) is 4.79 Å². The third-order valence-corrected chi connectivity index (χ3v) is 3.82. The van der Waals surface area contributed by atoms with Crippen molar-refractivity contribution in [3.63, 3.8) is 0 Å². The quantitative estimate of drug-likeness (QED) is 0.820. The summed E-state index contributed by atoms with van der Waals surface area (Å²) in [5.74, 6) is -1.26. The molecule has 1 heterocycles. The van der Waals surface area contributed by atoms with Crippen molar-refractivity contribution in [3.05, 3.63) is 18.0 Å². The molecular weight excluding hydrogens is 258 g/mol. The van der Waals surface area contributed by atoms with Gasteiger partial charge in [0, 0.05) is 24.7 Å². The van der Waals surface area contributed by atoms with Crippen LogP contribution in [0.2, 0.25) is 0 Å². The Bertz CT molecular complexity index is 476. The summed E-state index contributed by atoms with van der Waals surface area (Å²) in [4.78, 5) is 23.6. The smallest absolute Gasteiger partial charge is 0.331 e. The number of aliphatic carboxylic acids is 1. The van der Waals surface area contributed by atoms with E-state index in [0.29, 0.717) is 5.56 Å². The first-order valence-corrected chi connectivity index (χ1v) is 7.09. The first-order valence-electron chi connectivity index (χ1n) is 7.09. The van der Waals surface area contributed by atoms with Crippen molar-refractivity contribution >= 4 is 11.9 Å². The second kappa shape index (κ2) is 6.54. The molecule has 1 aromatic rings. The number of carboxylic acid groups (broad SMARTS) is 1. The lowest BCUT2D eigenvalue weighted by molar-refractivity contribution is -0.142. The van der Waals surface area contributed by atoms with Gasteiger partial charge >= 0.3 is 5.97 Å². The molecule has 1 fully saturated rings. The summed E-state index contributed by atoms with van der Waals surface area (Å²) >= 11 is 0. The Balaban J connectivity index is 2.04. The minimum atomic E-state index is -1.06. The van der Waals surface area contributed by atoms with E-state index < -0.39 is 12.0 Å². The second-order valence-corrected chi connectivity index (χ2v) is 5.42. The number of carbonyl (C=O) groups excluding carboxylic acids is 1. The molecule has 1 saturated carbocycles. The monoisotopic (exact) mass is 279 g/mol. The molecule has 0 aromatic carbocycles. The first-order chi connectivity index (χ1) is 9.58. The lowest BCUT2D eigenvalue weighted by atomic mass is 9.98. The van der Waals surface area contributed by atoms with E-state index in [1.807, 2.05) is 0 Å². The van der Waals surface area contributed by atoms with Crippen LogP contribution in [0.3, 0.4) is 0 Å². The van der Waals surface area contributed by atoms with Crippen LogP contribution in [-0.4, -0.2) is 26.8 Å². The molecule has 2 rings (SSSR count). The predicted octanol–water partition coefficient (Wildman–Crippen LogP) is 1.63. The van der Waals surface area contributed by atoms with Crippen LogP contribution in [0, 0.1) is 5.92 Å². The van der Waals surface area contributed by atoms with Crippen LogP contribution in [0.4, 0.5) is 0 Å². The Labute approximate surface area is 118 Å². The maximum absolute atomic E-state index is 12.2. The highest BCUT2D eigenvalue weighted by atomic mass is 16.4. The first kappa shape index (κ1) is 14.6. The number of carboxylic acids is 1. The van der Waals surface area contributed by atoms with Crippen LogP contribution in [0.15, 0.2) is 12.4 Å². The molecule has 1 aliphatic carbocycles. The van der Waals surface area contributed by atoms with Crippen molar-refractivity contribution in [2.24, 2.45) is 13.0 Å². The maximum Gasteiger partial charge on any atom is 0.331 e. The molecule has 1 amide bonds. The molecule has 6 heteroatoms. The van der Waals surface area contributed by atoms with Gasteiger partial charge in [-0.15, -0.1) is 0 Å². The van der Waals surface area contributed by atoms with Crippen LogP contribution in [0.25, 0.3) is 0 Å². The van der Waals surface area contributed by atoms with Gasteiger partial charge < -0.3 is 10.4 Å². The van der Waals surface area contributed by atoms with E-state index in [1.54, 1.807) is 13.2 Å². The van der Waals surface area contributed by atoms with Gasteiger partial charge in [-0.1, -0.05) is 25.7 Å². The summed E-state index contributed by atoms with van der Waals surface area (Å²) in [7, 11) is 1.72. The van der Waals surface area contributed by atoms with Gasteiger partial charge in [-0.2, -0.15) is 5.10 Å². The summed E-state index contributed by atoms with van der Waals surface area (Å²) in [6, 6.07) is -1.01. The average molecular weight is 279 g/mol. The third kappa shape index (κ3) is 3.59. The summed E-state index contributed by atoms with van der Waals surface area (Å²) < 4.78 is 1.53. The number of hydrogen-bond donors (Lipinski definition) is 2. The Kier molecular flexibility index (Phi) is 4.76. The van der Waals surface area contributed by atoms with Crippen molar-refractivity contribution in [1.29, 1.82) is 0 Å². The molecule has 1 aliphatic rings. The minimum Gasteiger partial charge on any atom is -0.479 e. The lowest BCUT2D eigenvalue weighted by Crippen LogP contribution is -2.37. The highest BCUT2D eigenvalue weighted by molar-refractivity contribution is 5.85. The Morgan fingerprint density at radius 2 is 2.00 bits per heavy atom. The highest BCUT2D eigenvalue weighted by Gasteiger charge is 2.27. The van der Waals surface area contributed by atoms with Crippen molar-refractivity contribution in [3.8, 4) is 0 Å². The zero-order valence-electron chi connectivity index (χ0n) is 11.7. The Hall–Kier alpha value is -1.85. The van der Waals surface area contributed by atoms with Gasteiger partial charge in [0.1, 0.15) is 0 Å². The third-order valence-electron chi connectivity index (χ3n) is 3.82. The molecule has 0 aliphatic heterocycles. The van der Waals surface area contributed by atoms with Crippen molar-refractivity contribution < 1.29 is 14.7 Å². The molecule has 0 bridgehead atoms. The van der Waals surface area contributed by atoms with E-state index in [-0.39, 0.29) is 11.8 Å². The van der Waals surface area contributed by atoms with E-state index in [1.165, 1.54) is 10.9 Å². The van der Waals surface area contributed by atoms with Crippen LogP contribution in [-0.2, 0) is 16.6 Å². The summed E-state index contributed by atoms with van der Waals surface area (Å²) in [5, 5.41) is 15.9. The standard InChI is InChI=1S/C14H21N3O3/c1-17-9-11(8-15-17)12(14(19)20)16-13(18)10-6-4-2-3-5-7-10/h8-10,12H,2-7H2,1H3,(H,16,18)(H,19,20). The summed E-state index contributed by atoms with van der Waals surface area (Å²) in [6.45, 7) is 0. The number of nitrogens with one attached hydrogen (secondary N) is 1. The normalized spacial score (nSPS) is 18.2. The number of amides is 1. The van der Waals surface area contributed by atoms with E-state index in [9.17, 15) is 14.7 Å². The van der Waals surface area contributed by atoms with Crippen LogP contribution in [0.1, 0.15) is 50.1 Å². The molecule has 110 valence electrons. The molecule has 0 radical (unpaired) electrons. The fourth-order valence-electron chi connectivity index (χ4n) is 2.68. The average Bonchev–Trinajstić information content (AvgIpc) is 2.67. The number of aromatic nitrogens is 2. The fraction of sp³-hybridized carbons (Fsp3) is 0.643. The topological polar surface area (TPSA) is 84.2 Å². The van der Waals surface area contributed by atoms with E-state index in [4.69, 9.17) is 0 Å². The number of aryl methyl sites for hydroxylation is 1. The van der Waals surface area contributed by atoms with E-state index in [0.717, 1.165) is 38.5 Å². The van der Waals surface area contributed by atoms with Gasteiger partial charge in [-0.05, 0) is 12.8 Å². The highest BCUT2D eigenvalue weighted by Crippen LogP contribution is 2.24. The van der Waals surface area contributed by atoms with Crippen LogP contribution >= 0.6 is 0 Å². The van der Waals surface area contributed by atoms with E-state index in [2.05, 4.69) is 10.4 Å². The van der Waals surface area contributed by atoms with Gasteiger partial charge in [0.25, 0.3) is 0 Å². The molecule has 6 nitrogen and oxygen atoms in total. The number of hydrogen-bond acceptors (Lipinski definition) is 3. The van der Waals surface area contributed by atoms with E-state index >= 15 is 0 Å². The van der Waals surface area contributed by atoms with Gasteiger partial charge in [0.05, 0.1) is 6.20 Å². The largest absolute Gasteiger partial charge is 0.479 e. The van der Waals surface area contributed by atoms with Crippen molar-refractivity contribution in [2.45, 2.75) is 44.6 Å². The SMILES string of the molecule is Cn1cc(C(NC(=O)C2CCCCCC2)C(=O)O)cn1. The minimum absolute atomic E-state index is 0.0592. The molecule has 1 aromatic heterocycles. The van der Waals surface area contributed by atoms with Gasteiger partial charge in [0.15, 0.2) is 6.04 Å². The Morgan fingerprint density at radius 1 is 1.35 bits per heavy atom. The van der Waals surface area contributed by atoms with Crippen molar-refractivity contribution in [2.75, 3.05) is 0 Å².